The van der Waals surface area contributed by atoms with E-state index in [-0.39, 0.29) is 31.6 Å². The van der Waals surface area contributed by atoms with E-state index in [9.17, 15) is 49.5 Å². The van der Waals surface area contributed by atoms with E-state index in [0.29, 0.717) is 12.8 Å². The van der Waals surface area contributed by atoms with Gasteiger partial charge in [0.2, 0.25) is 0 Å². The molecule has 13 heteroatoms. The van der Waals surface area contributed by atoms with E-state index in [1.165, 1.54) is 0 Å². The van der Waals surface area contributed by atoms with Gasteiger partial charge in [-0.1, -0.05) is 12.8 Å². The van der Waals surface area contributed by atoms with Gasteiger partial charge in [0.1, 0.15) is 0 Å². The van der Waals surface area contributed by atoms with Crippen molar-refractivity contribution in [1.82, 2.24) is 14.7 Å². The first-order valence-electron chi connectivity index (χ1n) is 10.8. The van der Waals surface area contributed by atoms with Gasteiger partial charge in [0.25, 0.3) is 0 Å². The van der Waals surface area contributed by atoms with Gasteiger partial charge in [-0.3, -0.25) is 38.7 Å². The highest BCUT2D eigenvalue weighted by atomic mass is 16.4. The average molecular weight is 473 g/mol. The smallest absolute Gasteiger partial charge is 0.317 e. The van der Waals surface area contributed by atoms with E-state index in [1.807, 2.05) is 0 Å². The third kappa shape index (κ3) is 7.37. The summed E-state index contributed by atoms with van der Waals surface area (Å²) >= 11 is 0. The van der Waals surface area contributed by atoms with Gasteiger partial charge in [0, 0.05) is 37.1 Å². The fourth-order valence-electron chi connectivity index (χ4n) is 5.25. The Morgan fingerprint density at radius 3 is 1.45 bits per heavy atom. The molecule has 1 heterocycles. The van der Waals surface area contributed by atoms with Crippen LogP contribution in [0.4, 0.5) is 0 Å². The maximum absolute atomic E-state index is 11.7. The van der Waals surface area contributed by atoms with Crippen LogP contribution < -0.4 is 0 Å². The minimum absolute atomic E-state index is 0.0928. The Kier molecular flexibility index (Phi) is 9.14. The van der Waals surface area contributed by atoms with Crippen molar-refractivity contribution >= 4 is 29.8 Å². The first-order valence-corrected chi connectivity index (χ1v) is 10.8. The largest absolute Gasteiger partial charge is 0.481 e. The monoisotopic (exact) mass is 473 g/mol. The molecule has 0 aromatic carbocycles. The van der Waals surface area contributed by atoms with E-state index in [4.69, 9.17) is 0 Å². The Morgan fingerprint density at radius 2 is 1.12 bits per heavy atom. The van der Waals surface area contributed by atoms with Crippen LogP contribution in [-0.2, 0) is 24.0 Å². The van der Waals surface area contributed by atoms with Crippen LogP contribution in [0.15, 0.2) is 0 Å². The summed E-state index contributed by atoms with van der Waals surface area (Å²) in [6.07, 6.45) is 2.20. The SMILES string of the molecule is O=C(O)CCC1(N(CC(=O)O)CC(=O)O)CN(CC(=O)O)[C@H]2CCCC[C@@H]2N(CC(=O)O)C1. The summed E-state index contributed by atoms with van der Waals surface area (Å²) in [4.78, 5) is 62.4. The molecule has 0 spiro atoms. The van der Waals surface area contributed by atoms with Gasteiger partial charge >= 0.3 is 29.8 Å². The van der Waals surface area contributed by atoms with Crippen LogP contribution in [0.25, 0.3) is 0 Å². The number of nitrogens with zero attached hydrogens (tertiary/aromatic N) is 3. The summed E-state index contributed by atoms with van der Waals surface area (Å²) in [7, 11) is 0. The Morgan fingerprint density at radius 1 is 0.697 bits per heavy atom. The summed E-state index contributed by atoms with van der Waals surface area (Å²) in [5, 5.41) is 47.3. The van der Waals surface area contributed by atoms with Gasteiger partial charge in [-0.15, -0.1) is 0 Å². The van der Waals surface area contributed by atoms with E-state index in [2.05, 4.69) is 0 Å². The van der Waals surface area contributed by atoms with E-state index in [0.717, 1.165) is 17.7 Å². The van der Waals surface area contributed by atoms with Crippen LogP contribution in [0.2, 0.25) is 0 Å². The van der Waals surface area contributed by atoms with Crippen LogP contribution in [0.1, 0.15) is 38.5 Å². The lowest BCUT2D eigenvalue weighted by atomic mass is 9.88. The van der Waals surface area contributed by atoms with Crippen LogP contribution in [0.3, 0.4) is 0 Å². The van der Waals surface area contributed by atoms with Gasteiger partial charge in [-0.25, -0.2) is 0 Å². The molecule has 1 saturated heterocycles. The summed E-state index contributed by atoms with van der Waals surface area (Å²) in [5.41, 5.74) is -1.41. The lowest BCUT2D eigenvalue weighted by Crippen LogP contribution is -2.62. The van der Waals surface area contributed by atoms with Crippen molar-refractivity contribution in [3.05, 3.63) is 0 Å². The predicted molar refractivity (Wildman–Crippen MR) is 111 cm³/mol. The van der Waals surface area contributed by atoms with Gasteiger partial charge in [-0.05, 0) is 19.3 Å². The van der Waals surface area contributed by atoms with E-state index < -0.39 is 68.0 Å². The van der Waals surface area contributed by atoms with Crippen LogP contribution >= 0.6 is 0 Å². The molecule has 186 valence electrons. The molecule has 1 aliphatic carbocycles. The van der Waals surface area contributed by atoms with E-state index >= 15 is 0 Å². The van der Waals surface area contributed by atoms with Crippen molar-refractivity contribution in [2.75, 3.05) is 39.3 Å². The first-order chi connectivity index (χ1) is 15.4. The maximum atomic E-state index is 11.7. The second-order valence-corrected chi connectivity index (χ2v) is 8.78. The summed E-state index contributed by atoms with van der Waals surface area (Å²) in [6, 6.07) is -0.671. The standard InChI is InChI=1S/C20H31N3O10/c24-15(25)5-6-20(23(9-18(30)31)10-19(32)33)11-21(7-16(26)27)13-3-1-2-4-14(13)22(12-20)8-17(28)29/h13-14H,1-12H2,(H,24,25)(H,26,27)(H,28,29)(H,30,31)(H,32,33)/t13-,14-/m0/s1. The zero-order chi connectivity index (χ0) is 24.8. The lowest BCUT2D eigenvalue weighted by Gasteiger charge is -2.45. The fraction of sp³-hybridized carbons (Fsp3) is 0.750. The predicted octanol–water partition coefficient (Wildman–Crippen LogP) is -0.841. The molecule has 2 fully saturated rings. The van der Waals surface area contributed by atoms with Crippen LogP contribution in [-0.4, -0.2) is 127 Å². The van der Waals surface area contributed by atoms with Crippen molar-refractivity contribution in [1.29, 1.82) is 0 Å². The molecule has 2 aliphatic rings. The molecular weight excluding hydrogens is 442 g/mol. The zero-order valence-electron chi connectivity index (χ0n) is 18.3. The molecule has 0 amide bonds. The Bertz CT molecular complexity index is 723. The number of hydrogen-bond acceptors (Lipinski definition) is 8. The van der Waals surface area contributed by atoms with Crippen molar-refractivity contribution in [2.24, 2.45) is 0 Å². The molecule has 13 nitrogen and oxygen atoms in total. The maximum Gasteiger partial charge on any atom is 0.317 e. The van der Waals surface area contributed by atoms with Crippen LogP contribution in [0, 0.1) is 0 Å². The molecular formula is C20H31N3O10. The van der Waals surface area contributed by atoms with Gasteiger partial charge in [0.15, 0.2) is 0 Å². The quantitative estimate of drug-likeness (QED) is 0.235. The molecule has 2 rings (SSSR count). The van der Waals surface area contributed by atoms with Gasteiger partial charge in [-0.2, -0.15) is 0 Å². The Labute approximate surface area is 190 Å². The topological polar surface area (TPSA) is 196 Å². The summed E-state index contributed by atoms with van der Waals surface area (Å²) < 4.78 is 0. The molecule has 0 bridgehead atoms. The molecule has 0 aromatic rings. The molecule has 1 aliphatic heterocycles. The summed E-state index contributed by atoms with van der Waals surface area (Å²) in [5.74, 6) is -6.12. The zero-order valence-corrected chi connectivity index (χ0v) is 18.3. The number of carboxylic acids is 5. The molecule has 0 aromatic heterocycles. The number of carbonyl (C=O) groups is 5. The average Bonchev–Trinajstić information content (AvgIpc) is 2.81. The summed E-state index contributed by atoms with van der Waals surface area (Å²) in [6.45, 7) is -2.45. The molecule has 5 N–H and O–H groups in total. The lowest BCUT2D eigenvalue weighted by molar-refractivity contribution is -0.149. The number of hydrogen-bond donors (Lipinski definition) is 5. The number of rotatable bonds is 12. The normalized spacial score (nSPS) is 23.4. The first kappa shape index (κ1) is 26.5. The molecule has 33 heavy (non-hydrogen) atoms. The fourth-order valence-corrected chi connectivity index (χ4v) is 5.25. The molecule has 0 unspecified atom stereocenters. The minimum atomic E-state index is -1.41. The molecule has 2 atom stereocenters. The third-order valence-corrected chi connectivity index (χ3v) is 6.43. The van der Waals surface area contributed by atoms with Crippen molar-refractivity contribution in [2.45, 2.75) is 56.1 Å². The highest BCUT2D eigenvalue weighted by molar-refractivity contribution is 5.73. The minimum Gasteiger partial charge on any atom is -0.481 e. The number of fused-ring (bicyclic) bond motifs is 1. The molecule has 1 saturated carbocycles. The number of aliphatic carboxylic acids is 5. The van der Waals surface area contributed by atoms with Crippen molar-refractivity contribution in [3.8, 4) is 0 Å². The highest BCUT2D eigenvalue weighted by Crippen LogP contribution is 2.36. The van der Waals surface area contributed by atoms with Crippen molar-refractivity contribution in [3.63, 3.8) is 0 Å². The van der Waals surface area contributed by atoms with Gasteiger partial charge < -0.3 is 25.5 Å². The van der Waals surface area contributed by atoms with Crippen LogP contribution in [0.5, 0.6) is 0 Å². The Balaban J connectivity index is 2.63. The number of carboxylic acid groups (broad SMARTS) is 5. The third-order valence-electron chi connectivity index (χ3n) is 6.43. The molecule has 0 radical (unpaired) electrons. The van der Waals surface area contributed by atoms with Gasteiger partial charge in [0.05, 0.1) is 26.2 Å². The van der Waals surface area contributed by atoms with Crippen molar-refractivity contribution < 1.29 is 49.5 Å². The van der Waals surface area contributed by atoms with E-state index in [1.54, 1.807) is 9.80 Å². The Hall–Kier alpha value is -2.77. The second kappa shape index (κ2) is 11.4. The second-order valence-electron chi connectivity index (χ2n) is 8.78. The highest BCUT2D eigenvalue weighted by Gasteiger charge is 2.49.